The molecule has 2 rings (SSSR count). The van der Waals surface area contributed by atoms with Crippen molar-refractivity contribution in [3.8, 4) is 0 Å². The Morgan fingerprint density at radius 2 is 1.95 bits per heavy atom. The number of rotatable bonds is 2. The number of anilines is 1. The highest BCUT2D eigenvalue weighted by Gasteiger charge is 2.13. The van der Waals surface area contributed by atoms with E-state index < -0.39 is 11.7 Å². The second-order valence-electron chi connectivity index (χ2n) is 4.16. The third-order valence-corrected chi connectivity index (χ3v) is 3.85. The monoisotopic (exact) mass is 375 g/mol. The van der Waals surface area contributed by atoms with Crippen LogP contribution in [-0.2, 0) is 0 Å². The van der Waals surface area contributed by atoms with E-state index in [1.807, 2.05) is 0 Å². The molecule has 104 valence electrons. The van der Waals surface area contributed by atoms with E-state index in [1.54, 1.807) is 19.1 Å². The topological polar surface area (TPSA) is 29.1 Å². The lowest BCUT2D eigenvalue weighted by Crippen LogP contribution is -2.13. The van der Waals surface area contributed by atoms with E-state index in [2.05, 4.69) is 21.2 Å². The zero-order valence-corrected chi connectivity index (χ0v) is 13.4. The van der Waals surface area contributed by atoms with Crippen molar-refractivity contribution in [1.29, 1.82) is 0 Å². The number of hydrogen-bond acceptors (Lipinski definition) is 1. The molecule has 0 aliphatic rings. The molecule has 20 heavy (non-hydrogen) atoms. The Kier molecular flexibility index (Phi) is 4.68. The van der Waals surface area contributed by atoms with Crippen LogP contribution in [-0.4, -0.2) is 5.91 Å². The Bertz CT molecular complexity index is 691. The van der Waals surface area contributed by atoms with Crippen molar-refractivity contribution < 1.29 is 9.18 Å². The van der Waals surface area contributed by atoms with Crippen molar-refractivity contribution in [2.24, 2.45) is 0 Å². The maximum absolute atomic E-state index is 13.5. The molecule has 0 spiro atoms. The van der Waals surface area contributed by atoms with Gasteiger partial charge in [-0.25, -0.2) is 4.39 Å². The number of aryl methyl sites for hydroxylation is 1. The quantitative estimate of drug-likeness (QED) is 0.741. The predicted molar refractivity (Wildman–Crippen MR) is 83.3 cm³/mol. The standard InChI is InChI=1S/C14H9BrCl2FNO/c1-7-4-10(15)12(18)6-13(7)19-14(20)9-3-2-8(16)5-11(9)17/h2-6H,1H3,(H,19,20). The molecule has 0 saturated heterocycles. The molecule has 0 fully saturated rings. The molecule has 0 atom stereocenters. The number of amides is 1. The Labute approximate surface area is 134 Å². The zero-order chi connectivity index (χ0) is 14.9. The molecular formula is C14H9BrCl2FNO. The number of hydrogen-bond donors (Lipinski definition) is 1. The molecule has 0 heterocycles. The van der Waals surface area contributed by atoms with Crippen LogP contribution in [0.3, 0.4) is 0 Å². The fourth-order valence-corrected chi connectivity index (χ4v) is 2.60. The summed E-state index contributed by atoms with van der Waals surface area (Å²) in [5.74, 6) is -0.871. The lowest BCUT2D eigenvalue weighted by atomic mass is 10.1. The van der Waals surface area contributed by atoms with Gasteiger partial charge >= 0.3 is 0 Å². The van der Waals surface area contributed by atoms with Gasteiger partial charge in [0.05, 0.1) is 15.1 Å². The average Bonchev–Trinajstić information content (AvgIpc) is 2.35. The first-order valence-corrected chi connectivity index (χ1v) is 7.15. The molecule has 0 aromatic heterocycles. The molecule has 2 nitrogen and oxygen atoms in total. The Morgan fingerprint density at radius 1 is 1.25 bits per heavy atom. The van der Waals surface area contributed by atoms with Gasteiger partial charge in [-0.15, -0.1) is 0 Å². The van der Waals surface area contributed by atoms with Crippen molar-refractivity contribution in [2.75, 3.05) is 5.32 Å². The van der Waals surface area contributed by atoms with Gasteiger partial charge in [-0.05, 0) is 58.7 Å². The fraction of sp³-hybridized carbons (Fsp3) is 0.0714. The SMILES string of the molecule is Cc1cc(Br)c(F)cc1NC(=O)c1ccc(Cl)cc1Cl. The van der Waals surface area contributed by atoms with Crippen molar-refractivity contribution >= 4 is 50.7 Å². The predicted octanol–water partition coefficient (Wildman–Crippen LogP) is 5.46. The summed E-state index contributed by atoms with van der Waals surface area (Å²) in [6.07, 6.45) is 0. The van der Waals surface area contributed by atoms with Crippen molar-refractivity contribution in [3.63, 3.8) is 0 Å². The van der Waals surface area contributed by atoms with Gasteiger partial charge in [-0.2, -0.15) is 0 Å². The zero-order valence-electron chi connectivity index (χ0n) is 10.3. The van der Waals surface area contributed by atoms with Crippen LogP contribution in [0.25, 0.3) is 0 Å². The van der Waals surface area contributed by atoms with Gasteiger partial charge in [0.15, 0.2) is 0 Å². The lowest BCUT2D eigenvalue weighted by molar-refractivity contribution is 0.102. The van der Waals surface area contributed by atoms with Crippen LogP contribution in [0.2, 0.25) is 10.0 Å². The number of benzene rings is 2. The minimum atomic E-state index is -0.451. The normalized spacial score (nSPS) is 10.4. The summed E-state index contributed by atoms with van der Waals surface area (Å²) in [5, 5.41) is 3.31. The minimum absolute atomic E-state index is 0.241. The molecule has 1 N–H and O–H groups in total. The van der Waals surface area contributed by atoms with Crippen molar-refractivity contribution in [1.82, 2.24) is 0 Å². The molecule has 0 aliphatic heterocycles. The second-order valence-corrected chi connectivity index (χ2v) is 5.86. The first-order valence-electron chi connectivity index (χ1n) is 5.60. The maximum Gasteiger partial charge on any atom is 0.257 e. The van der Waals surface area contributed by atoms with E-state index in [4.69, 9.17) is 23.2 Å². The molecule has 2 aromatic carbocycles. The summed E-state index contributed by atoms with van der Waals surface area (Å²) in [6, 6.07) is 7.41. The highest BCUT2D eigenvalue weighted by Crippen LogP contribution is 2.26. The summed E-state index contributed by atoms with van der Waals surface area (Å²) in [5.41, 5.74) is 1.40. The van der Waals surface area contributed by atoms with Crippen LogP contribution < -0.4 is 5.32 Å². The molecular weight excluding hydrogens is 368 g/mol. The third-order valence-electron chi connectivity index (χ3n) is 2.69. The lowest BCUT2D eigenvalue weighted by Gasteiger charge is -2.10. The molecule has 1 amide bonds. The first kappa shape index (κ1) is 15.3. The van der Waals surface area contributed by atoms with Crippen LogP contribution in [0.1, 0.15) is 15.9 Å². The number of halogens is 4. The first-order chi connectivity index (χ1) is 9.38. The molecule has 0 radical (unpaired) electrons. The van der Waals surface area contributed by atoms with Gasteiger partial charge in [0.1, 0.15) is 5.82 Å². The Hall–Kier alpha value is -1.10. The number of carbonyl (C=O) groups excluding carboxylic acids is 1. The Morgan fingerprint density at radius 3 is 2.60 bits per heavy atom. The molecule has 6 heteroatoms. The van der Waals surface area contributed by atoms with Crippen LogP contribution in [0, 0.1) is 12.7 Å². The van der Waals surface area contributed by atoms with E-state index in [0.717, 1.165) is 5.56 Å². The number of nitrogens with one attached hydrogen (secondary N) is 1. The summed E-state index contributed by atoms with van der Waals surface area (Å²) in [4.78, 5) is 12.1. The summed E-state index contributed by atoms with van der Waals surface area (Å²) >= 11 is 14.8. The number of carbonyl (C=O) groups is 1. The largest absolute Gasteiger partial charge is 0.322 e. The molecule has 0 bridgehead atoms. The van der Waals surface area contributed by atoms with E-state index in [9.17, 15) is 9.18 Å². The van der Waals surface area contributed by atoms with Crippen LogP contribution in [0.15, 0.2) is 34.8 Å². The van der Waals surface area contributed by atoms with Crippen LogP contribution >= 0.6 is 39.1 Å². The van der Waals surface area contributed by atoms with Gasteiger partial charge in [-0.3, -0.25) is 4.79 Å². The molecule has 2 aromatic rings. The van der Waals surface area contributed by atoms with E-state index >= 15 is 0 Å². The average molecular weight is 377 g/mol. The highest BCUT2D eigenvalue weighted by molar-refractivity contribution is 9.10. The molecule has 0 unspecified atom stereocenters. The Balaban J connectivity index is 2.30. The van der Waals surface area contributed by atoms with E-state index in [1.165, 1.54) is 18.2 Å². The van der Waals surface area contributed by atoms with E-state index in [-0.39, 0.29) is 10.6 Å². The van der Waals surface area contributed by atoms with Gasteiger partial charge in [0.2, 0.25) is 0 Å². The summed E-state index contributed by atoms with van der Waals surface area (Å²) in [7, 11) is 0. The van der Waals surface area contributed by atoms with Crippen molar-refractivity contribution in [3.05, 3.63) is 61.8 Å². The van der Waals surface area contributed by atoms with Gasteiger partial charge < -0.3 is 5.32 Å². The fourth-order valence-electron chi connectivity index (χ4n) is 1.64. The highest BCUT2D eigenvalue weighted by atomic mass is 79.9. The van der Waals surface area contributed by atoms with Crippen LogP contribution in [0.4, 0.5) is 10.1 Å². The summed E-state index contributed by atoms with van der Waals surface area (Å²) in [6.45, 7) is 1.77. The molecule has 0 saturated carbocycles. The van der Waals surface area contributed by atoms with Gasteiger partial charge in [0, 0.05) is 10.7 Å². The van der Waals surface area contributed by atoms with Gasteiger partial charge in [-0.1, -0.05) is 23.2 Å². The van der Waals surface area contributed by atoms with Gasteiger partial charge in [0.25, 0.3) is 5.91 Å². The maximum atomic E-state index is 13.5. The second kappa shape index (κ2) is 6.12. The molecule has 0 aliphatic carbocycles. The van der Waals surface area contributed by atoms with Crippen LogP contribution in [0.5, 0.6) is 0 Å². The smallest absolute Gasteiger partial charge is 0.257 e. The van der Waals surface area contributed by atoms with Crippen molar-refractivity contribution in [2.45, 2.75) is 6.92 Å². The minimum Gasteiger partial charge on any atom is -0.322 e. The van der Waals surface area contributed by atoms with E-state index in [0.29, 0.717) is 15.2 Å². The third kappa shape index (κ3) is 3.32. The summed E-state index contributed by atoms with van der Waals surface area (Å²) < 4.78 is 13.8.